The summed E-state index contributed by atoms with van der Waals surface area (Å²) in [5.74, 6) is 0.0223. The zero-order chi connectivity index (χ0) is 10.6. The van der Waals surface area contributed by atoms with Crippen LogP contribution in [0.15, 0.2) is 23.1 Å². The molecule has 0 saturated heterocycles. The molecule has 0 N–H and O–H groups in total. The van der Waals surface area contributed by atoms with Crippen molar-refractivity contribution in [2.24, 2.45) is 0 Å². The first kappa shape index (κ1) is 11.0. The van der Waals surface area contributed by atoms with E-state index < -0.39 is 5.97 Å². The van der Waals surface area contributed by atoms with Crippen molar-refractivity contribution in [2.75, 3.05) is 12.9 Å². The van der Waals surface area contributed by atoms with Crippen molar-refractivity contribution in [3.8, 4) is 0 Å². The van der Waals surface area contributed by atoms with Crippen LogP contribution in [0, 0.1) is 5.82 Å². The molecule has 0 unspecified atom stereocenters. The number of hydrogen-bond donors (Lipinski definition) is 0. The molecular weight excluding hydrogens is 203 g/mol. The minimum absolute atomic E-state index is 0.301. The standard InChI is InChI=1S/C10H11FO2S/c1-3-14-9-6-7(10(12)13-2)4-5-8(9)11/h4-6H,3H2,1-2H3. The third-order valence-corrected chi connectivity index (χ3v) is 2.56. The Morgan fingerprint density at radius 2 is 2.29 bits per heavy atom. The van der Waals surface area contributed by atoms with E-state index in [0.717, 1.165) is 5.75 Å². The van der Waals surface area contributed by atoms with E-state index in [1.807, 2.05) is 6.92 Å². The van der Waals surface area contributed by atoms with Crippen LogP contribution in [-0.4, -0.2) is 18.8 Å². The van der Waals surface area contributed by atoms with E-state index in [-0.39, 0.29) is 5.82 Å². The lowest BCUT2D eigenvalue weighted by Crippen LogP contribution is -2.01. The van der Waals surface area contributed by atoms with E-state index in [0.29, 0.717) is 10.5 Å². The Bertz CT molecular complexity index is 339. The molecule has 1 aromatic rings. The molecule has 76 valence electrons. The maximum absolute atomic E-state index is 13.2. The van der Waals surface area contributed by atoms with Crippen LogP contribution < -0.4 is 0 Å². The Kier molecular flexibility index (Phi) is 3.95. The highest BCUT2D eigenvalue weighted by atomic mass is 32.2. The molecule has 0 spiro atoms. The Morgan fingerprint density at radius 1 is 1.57 bits per heavy atom. The quantitative estimate of drug-likeness (QED) is 0.571. The molecule has 0 bridgehead atoms. The second kappa shape index (κ2) is 5.00. The van der Waals surface area contributed by atoms with Crippen LogP contribution in [0.4, 0.5) is 4.39 Å². The highest BCUT2D eigenvalue weighted by Crippen LogP contribution is 2.22. The molecule has 1 aromatic carbocycles. The number of rotatable bonds is 3. The lowest BCUT2D eigenvalue weighted by molar-refractivity contribution is 0.0600. The molecule has 0 aliphatic heterocycles. The third kappa shape index (κ3) is 2.48. The van der Waals surface area contributed by atoms with Crippen LogP contribution in [0.1, 0.15) is 17.3 Å². The van der Waals surface area contributed by atoms with Crippen molar-refractivity contribution in [3.05, 3.63) is 29.6 Å². The van der Waals surface area contributed by atoms with Crippen molar-refractivity contribution < 1.29 is 13.9 Å². The maximum Gasteiger partial charge on any atom is 0.337 e. The van der Waals surface area contributed by atoms with Crippen LogP contribution in [0.2, 0.25) is 0 Å². The molecule has 0 aliphatic rings. The summed E-state index contributed by atoms with van der Waals surface area (Å²) in [6.07, 6.45) is 0. The monoisotopic (exact) mass is 214 g/mol. The van der Waals surface area contributed by atoms with Gasteiger partial charge in [0.05, 0.1) is 12.7 Å². The van der Waals surface area contributed by atoms with E-state index in [2.05, 4.69) is 4.74 Å². The number of ether oxygens (including phenoxy) is 1. The number of methoxy groups -OCH3 is 1. The van der Waals surface area contributed by atoms with Gasteiger partial charge in [0.25, 0.3) is 0 Å². The van der Waals surface area contributed by atoms with Gasteiger partial charge in [0, 0.05) is 4.90 Å². The van der Waals surface area contributed by atoms with Gasteiger partial charge in [0.2, 0.25) is 0 Å². The molecular formula is C10H11FO2S. The van der Waals surface area contributed by atoms with Crippen LogP contribution in [-0.2, 0) is 4.74 Å². The molecule has 0 aromatic heterocycles. The predicted molar refractivity (Wildman–Crippen MR) is 54.1 cm³/mol. The molecule has 0 radical (unpaired) electrons. The molecule has 2 nitrogen and oxygen atoms in total. The van der Waals surface area contributed by atoms with E-state index in [1.165, 1.54) is 37.1 Å². The molecule has 0 amide bonds. The average Bonchev–Trinajstić information content (AvgIpc) is 2.20. The molecule has 0 aliphatic carbocycles. The Labute approximate surface area is 86.5 Å². The number of halogens is 1. The van der Waals surface area contributed by atoms with Crippen molar-refractivity contribution >= 4 is 17.7 Å². The van der Waals surface area contributed by atoms with Crippen LogP contribution >= 0.6 is 11.8 Å². The van der Waals surface area contributed by atoms with Gasteiger partial charge >= 0.3 is 5.97 Å². The normalized spacial score (nSPS) is 9.93. The smallest absolute Gasteiger partial charge is 0.337 e. The van der Waals surface area contributed by atoms with E-state index in [4.69, 9.17) is 0 Å². The molecule has 0 fully saturated rings. The van der Waals surface area contributed by atoms with Crippen molar-refractivity contribution in [1.82, 2.24) is 0 Å². The molecule has 0 atom stereocenters. The van der Waals surface area contributed by atoms with Crippen molar-refractivity contribution in [1.29, 1.82) is 0 Å². The summed E-state index contributed by atoms with van der Waals surface area (Å²) >= 11 is 1.36. The van der Waals surface area contributed by atoms with Crippen LogP contribution in [0.3, 0.4) is 0 Å². The summed E-state index contributed by atoms with van der Waals surface area (Å²) in [6, 6.07) is 4.21. The zero-order valence-corrected chi connectivity index (χ0v) is 8.86. The Balaban J connectivity index is 2.99. The fourth-order valence-electron chi connectivity index (χ4n) is 1.01. The van der Waals surface area contributed by atoms with Gasteiger partial charge in [-0.2, -0.15) is 0 Å². The SMILES string of the molecule is CCSc1cc(C(=O)OC)ccc1F. The maximum atomic E-state index is 13.2. The summed E-state index contributed by atoms with van der Waals surface area (Å²) in [6.45, 7) is 1.93. The van der Waals surface area contributed by atoms with Gasteiger partial charge in [0.1, 0.15) is 5.82 Å². The van der Waals surface area contributed by atoms with Gasteiger partial charge in [0.15, 0.2) is 0 Å². The molecule has 0 saturated carbocycles. The Hall–Kier alpha value is -1.03. The molecule has 4 heteroatoms. The Morgan fingerprint density at radius 3 is 2.86 bits per heavy atom. The lowest BCUT2D eigenvalue weighted by atomic mass is 10.2. The summed E-state index contributed by atoms with van der Waals surface area (Å²) in [5, 5.41) is 0. The number of hydrogen-bond acceptors (Lipinski definition) is 3. The number of carbonyl (C=O) groups excluding carboxylic acids is 1. The van der Waals surface area contributed by atoms with E-state index in [9.17, 15) is 9.18 Å². The predicted octanol–water partition coefficient (Wildman–Crippen LogP) is 2.72. The first-order valence-electron chi connectivity index (χ1n) is 4.19. The second-order valence-electron chi connectivity index (χ2n) is 2.57. The second-order valence-corrected chi connectivity index (χ2v) is 3.88. The van der Waals surface area contributed by atoms with Crippen LogP contribution in [0.5, 0.6) is 0 Å². The van der Waals surface area contributed by atoms with E-state index >= 15 is 0 Å². The van der Waals surface area contributed by atoms with Crippen molar-refractivity contribution in [3.63, 3.8) is 0 Å². The van der Waals surface area contributed by atoms with Gasteiger partial charge in [-0.25, -0.2) is 9.18 Å². The third-order valence-electron chi connectivity index (χ3n) is 1.65. The number of carbonyl (C=O) groups is 1. The summed E-state index contributed by atoms with van der Waals surface area (Å²) in [5.41, 5.74) is 0.379. The average molecular weight is 214 g/mol. The zero-order valence-electron chi connectivity index (χ0n) is 8.04. The van der Waals surface area contributed by atoms with Gasteiger partial charge in [-0.15, -0.1) is 11.8 Å². The first-order chi connectivity index (χ1) is 6.69. The topological polar surface area (TPSA) is 26.3 Å². The first-order valence-corrected chi connectivity index (χ1v) is 5.18. The van der Waals surface area contributed by atoms with Gasteiger partial charge in [-0.3, -0.25) is 0 Å². The number of benzene rings is 1. The largest absolute Gasteiger partial charge is 0.465 e. The lowest BCUT2D eigenvalue weighted by Gasteiger charge is -2.03. The fourth-order valence-corrected chi connectivity index (χ4v) is 1.74. The minimum Gasteiger partial charge on any atom is -0.465 e. The number of thioether (sulfide) groups is 1. The highest BCUT2D eigenvalue weighted by Gasteiger charge is 2.09. The highest BCUT2D eigenvalue weighted by molar-refractivity contribution is 7.99. The summed E-state index contributed by atoms with van der Waals surface area (Å²) < 4.78 is 17.7. The van der Waals surface area contributed by atoms with Crippen molar-refractivity contribution in [2.45, 2.75) is 11.8 Å². The van der Waals surface area contributed by atoms with Crippen LogP contribution in [0.25, 0.3) is 0 Å². The summed E-state index contributed by atoms with van der Waals surface area (Å²) in [7, 11) is 1.30. The molecule has 0 heterocycles. The molecule has 14 heavy (non-hydrogen) atoms. The van der Waals surface area contributed by atoms with Gasteiger partial charge < -0.3 is 4.74 Å². The molecule has 1 rings (SSSR count). The summed E-state index contributed by atoms with van der Waals surface area (Å²) in [4.78, 5) is 11.6. The van der Waals surface area contributed by atoms with Gasteiger partial charge in [-0.1, -0.05) is 6.92 Å². The number of esters is 1. The van der Waals surface area contributed by atoms with E-state index in [1.54, 1.807) is 0 Å². The fraction of sp³-hybridized carbons (Fsp3) is 0.300. The minimum atomic E-state index is -0.442. The van der Waals surface area contributed by atoms with Gasteiger partial charge in [-0.05, 0) is 24.0 Å².